The van der Waals surface area contributed by atoms with Gasteiger partial charge in [-0.25, -0.2) is 0 Å². The Morgan fingerprint density at radius 3 is 2.24 bits per heavy atom. The lowest BCUT2D eigenvalue weighted by atomic mass is 10.1. The predicted molar refractivity (Wildman–Crippen MR) is 98.7 cm³/mol. The molecular formula is C19H22N2O3S. The van der Waals surface area contributed by atoms with Crippen molar-refractivity contribution < 1.29 is 13.8 Å². The second kappa shape index (κ2) is 8.58. The van der Waals surface area contributed by atoms with Crippen molar-refractivity contribution in [3.8, 4) is 0 Å². The lowest BCUT2D eigenvalue weighted by Crippen LogP contribution is -2.45. The molecule has 2 rings (SSSR count). The number of nitrogens with one attached hydrogen (secondary N) is 1. The van der Waals surface area contributed by atoms with E-state index in [-0.39, 0.29) is 18.1 Å². The van der Waals surface area contributed by atoms with Gasteiger partial charge in [0.15, 0.2) is 0 Å². The number of primary amides is 1. The van der Waals surface area contributed by atoms with Crippen LogP contribution in [0.5, 0.6) is 0 Å². The van der Waals surface area contributed by atoms with E-state index in [0.29, 0.717) is 10.5 Å². The van der Waals surface area contributed by atoms with Gasteiger partial charge in [-0.05, 0) is 44.5 Å². The molecule has 0 aliphatic carbocycles. The maximum atomic E-state index is 12.4. The van der Waals surface area contributed by atoms with E-state index in [9.17, 15) is 13.8 Å². The van der Waals surface area contributed by atoms with Crippen molar-refractivity contribution >= 4 is 22.6 Å². The molecule has 0 saturated carbocycles. The topological polar surface area (TPSA) is 89.3 Å². The number of amides is 2. The van der Waals surface area contributed by atoms with Gasteiger partial charge in [0.05, 0.1) is 10.8 Å². The Labute approximate surface area is 150 Å². The van der Waals surface area contributed by atoms with Crippen LogP contribution in [0.25, 0.3) is 0 Å². The Balaban J connectivity index is 2.02. The summed E-state index contributed by atoms with van der Waals surface area (Å²) in [5.41, 5.74) is 7.80. The molecule has 0 saturated heterocycles. The monoisotopic (exact) mass is 358 g/mol. The molecule has 0 aliphatic rings. The number of rotatable bonds is 7. The fourth-order valence-corrected chi connectivity index (χ4v) is 3.69. The highest BCUT2D eigenvalue weighted by molar-refractivity contribution is 7.85. The highest BCUT2D eigenvalue weighted by Gasteiger charge is 2.20. The third-order valence-electron chi connectivity index (χ3n) is 3.73. The summed E-state index contributed by atoms with van der Waals surface area (Å²) >= 11 is 0. The molecule has 3 N–H and O–H groups in total. The van der Waals surface area contributed by atoms with Crippen LogP contribution in [0.2, 0.25) is 0 Å². The van der Waals surface area contributed by atoms with Gasteiger partial charge in [0.1, 0.15) is 6.04 Å². The molecule has 132 valence electrons. The van der Waals surface area contributed by atoms with Crippen molar-refractivity contribution in [1.29, 1.82) is 0 Å². The summed E-state index contributed by atoms with van der Waals surface area (Å²) in [4.78, 5) is 24.7. The van der Waals surface area contributed by atoms with Gasteiger partial charge in [-0.2, -0.15) is 0 Å². The summed E-state index contributed by atoms with van der Waals surface area (Å²) < 4.78 is 12.3. The molecule has 0 bridgehead atoms. The van der Waals surface area contributed by atoms with Gasteiger partial charge in [0.2, 0.25) is 5.91 Å². The fourth-order valence-electron chi connectivity index (χ4n) is 2.55. The Kier molecular flexibility index (Phi) is 6.47. The molecule has 2 aromatic carbocycles. The highest BCUT2D eigenvalue weighted by atomic mass is 32.2. The molecule has 0 aromatic heterocycles. The van der Waals surface area contributed by atoms with Crippen molar-refractivity contribution in [2.75, 3.05) is 5.75 Å². The Morgan fingerprint density at radius 1 is 1.08 bits per heavy atom. The maximum absolute atomic E-state index is 12.4. The fraction of sp³-hybridized carbons (Fsp3) is 0.263. The van der Waals surface area contributed by atoms with Gasteiger partial charge in [0.25, 0.3) is 5.91 Å². The number of aryl methyl sites for hydroxylation is 2. The van der Waals surface area contributed by atoms with Crippen LogP contribution in [0.1, 0.15) is 27.9 Å². The smallest absolute Gasteiger partial charge is 0.251 e. The third kappa shape index (κ3) is 5.53. The minimum atomic E-state index is -1.25. The van der Waals surface area contributed by atoms with Crippen LogP contribution < -0.4 is 11.1 Å². The van der Waals surface area contributed by atoms with Crippen LogP contribution in [-0.2, 0) is 15.6 Å². The summed E-state index contributed by atoms with van der Waals surface area (Å²) in [6, 6.07) is 13.6. The molecule has 25 heavy (non-hydrogen) atoms. The SMILES string of the molecule is Cc1cc(C)cc(C(=O)N[C@@H](CC[S@@](=O)c2ccccc2)C(N)=O)c1. The van der Waals surface area contributed by atoms with Crippen molar-refractivity contribution in [3.63, 3.8) is 0 Å². The van der Waals surface area contributed by atoms with Gasteiger partial charge in [-0.1, -0.05) is 35.4 Å². The van der Waals surface area contributed by atoms with E-state index < -0.39 is 22.7 Å². The predicted octanol–water partition coefficient (Wildman–Crippen LogP) is 2.09. The zero-order valence-corrected chi connectivity index (χ0v) is 15.1. The third-order valence-corrected chi connectivity index (χ3v) is 5.14. The second-order valence-corrected chi connectivity index (χ2v) is 7.53. The summed E-state index contributed by atoms with van der Waals surface area (Å²) in [5, 5.41) is 2.65. The summed E-state index contributed by atoms with van der Waals surface area (Å²) in [5.74, 6) is -0.756. The molecular weight excluding hydrogens is 336 g/mol. The molecule has 6 heteroatoms. The quantitative estimate of drug-likeness (QED) is 0.794. The Hall–Kier alpha value is -2.47. The minimum absolute atomic E-state index is 0.216. The number of carbonyl (C=O) groups excluding carboxylic acids is 2. The Morgan fingerprint density at radius 2 is 1.68 bits per heavy atom. The molecule has 2 aromatic rings. The van der Waals surface area contributed by atoms with Gasteiger partial charge < -0.3 is 11.1 Å². The number of hydrogen-bond donors (Lipinski definition) is 2. The zero-order valence-electron chi connectivity index (χ0n) is 14.3. The molecule has 0 radical (unpaired) electrons. The molecule has 0 aliphatic heterocycles. The van der Waals surface area contributed by atoms with E-state index in [1.807, 2.05) is 26.0 Å². The first-order valence-electron chi connectivity index (χ1n) is 7.98. The molecule has 0 fully saturated rings. The summed E-state index contributed by atoms with van der Waals surface area (Å²) in [6.45, 7) is 3.80. The molecule has 0 spiro atoms. The van der Waals surface area contributed by atoms with Crippen molar-refractivity contribution in [1.82, 2.24) is 5.32 Å². The van der Waals surface area contributed by atoms with Gasteiger partial charge in [-0.3, -0.25) is 13.8 Å². The van der Waals surface area contributed by atoms with Crippen molar-refractivity contribution in [3.05, 3.63) is 65.2 Å². The van der Waals surface area contributed by atoms with E-state index in [1.165, 1.54) is 0 Å². The van der Waals surface area contributed by atoms with Crippen LogP contribution >= 0.6 is 0 Å². The number of benzene rings is 2. The maximum Gasteiger partial charge on any atom is 0.251 e. The van der Waals surface area contributed by atoms with E-state index >= 15 is 0 Å². The minimum Gasteiger partial charge on any atom is -0.368 e. The normalized spacial score (nSPS) is 13.0. The van der Waals surface area contributed by atoms with E-state index in [2.05, 4.69) is 5.32 Å². The first-order valence-corrected chi connectivity index (χ1v) is 9.30. The van der Waals surface area contributed by atoms with Gasteiger partial charge in [-0.15, -0.1) is 0 Å². The summed E-state index contributed by atoms with van der Waals surface area (Å²) in [7, 11) is -1.25. The van der Waals surface area contributed by atoms with Gasteiger partial charge >= 0.3 is 0 Å². The molecule has 0 heterocycles. The molecule has 2 amide bonds. The standard InChI is InChI=1S/C19H22N2O3S/c1-13-10-14(2)12-15(11-13)19(23)21-17(18(20)22)8-9-25(24)16-6-4-3-5-7-16/h3-7,10-12,17H,8-9H2,1-2H3,(H2,20,22)(H,21,23)/t17-,25+/m0/s1. The van der Waals surface area contributed by atoms with E-state index in [1.54, 1.807) is 36.4 Å². The highest BCUT2D eigenvalue weighted by Crippen LogP contribution is 2.11. The van der Waals surface area contributed by atoms with Crippen LogP contribution in [0.3, 0.4) is 0 Å². The number of nitrogens with two attached hydrogens (primary N) is 1. The molecule has 2 atom stereocenters. The van der Waals surface area contributed by atoms with Crippen LogP contribution in [0, 0.1) is 13.8 Å². The average Bonchev–Trinajstić information content (AvgIpc) is 2.57. The molecule has 5 nitrogen and oxygen atoms in total. The van der Waals surface area contributed by atoms with Gasteiger partial charge in [0, 0.05) is 16.2 Å². The van der Waals surface area contributed by atoms with Crippen LogP contribution in [0.4, 0.5) is 0 Å². The average molecular weight is 358 g/mol. The van der Waals surface area contributed by atoms with E-state index in [4.69, 9.17) is 5.73 Å². The van der Waals surface area contributed by atoms with Crippen molar-refractivity contribution in [2.45, 2.75) is 31.2 Å². The number of carbonyl (C=O) groups is 2. The number of hydrogen-bond acceptors (Lipinski definition) is 3. The lowest BCUT2D eigenvalue weighted by Gasteiger charge is -2.16. The van der Waals surface area contributed by atoms with Crippen LogP contribution in [0.15, 0.2) is 53.4 Å². The molecule has 0 unspecified atom stereocenters. The van der Waals surface area contributed by atoms with Crippen molar-refractivity contribution in [2.24, 2.45) is 5.73 Å². The first kappa shape index (κ1) is 18.9. The zero-order chi connectivity index (χ0) is 18.4. The largest absolute Gasteiger partial charge is 0.368 e. The summed E-state index contributed by atoms with van der Waals surface area (Å²) in [6.07, 6.45) is 0.216. The van der Waals surface area contributed by atoms with Crippen LogP contribution in [-0.4, -0.2) is 27.8 Å². The lowest BCUT2D eigenvalue weighted by molar-refractivity contribution is -0.119. The second-order valence-electron chi connectivity index (χ2n) is 5.96. The first-order chi connectivity index (χ1) is 11.9. The van der Waals surface area contributed by atoms with E-state index in [0.717, 1.165) is 11.1 Å². The Bertz CT molecular complexity index is 770.